The van der Waals surface area contributed by atoms with Crippen LogP contribution in [0.15, 0.2) is 30.6 Å². The van der Waals surface area contributed by atoms with E-state index in [4.69, 9.17) is 5.26 Å². The van der Waals surface area contributed by atoms with E-state index >= 15 is 0 Å². The summed E-state index contributed by atoms with van der Waals surface area (Å²) >= 11 is 0. The van der Waals surface area contributed by atoms with Crippen molar-refractivity contribution in [1.29, 1.82) is 5.26 Å². The fourth-order valence-electron chi connectivity index (χ4n) is 1.61. The molecule has 1 aromatic carbocycles. The van der Waals surface area contributed by atoms with E-state index in [1.54, 1.807) is 17.2 Å². The maximum atomic E-state index is 8.89. The zero-order chi connectivity index (χ0) is 11.5. The predicted molar refractivity (Wildman–Crippen MR) is 60.2 cm³/mol. The van der Waals surface area contributed by atoms with Crippen molar-refractivity contribution >= 4 is 0 Å². The molecule has 2 rings (SSSR count). The minimum absolute atomic E-state index is 0.369. The first-order valence-corrected chi connectivity index (χ1v) is 5.13. The van der Waals surface area contributed by atoms with Gasteiger partial charge in [0.1, 0.15) is 0 Å². The molecule has 1 aromatic heterocycles. The molecule has 1 heterocycles. The number of nitriles is 1. The Bertz CT molecular complexity index is 520. The van der Waals surface area contributed by atoms with Crippen molar-refractivity contribution in [2.45, 2.75) is 19.8 Å². The number of hydrogen-bond donors (Lipinski definition) is 0. The molecule has 4 heteroatoms. The smallest absolute Gasteiger partial charge is 0.0992 e. The number of hydrogen-bond acceptors (Lipinski definition) is 3. The number of rotatable bonds is 2. The summed E-state index contributed by atoms with van der Waals surface area (Å²) in [6, 6.07) is 7.72. The molecule has 0 unspecified atom stereocenters. The molecule has 0 amide bonds. The van der Waals surface area contributed by atoms with Crippen molar-refractivity contribution in [2.75, 3.05) is 0 Å². The van der Waals surface area contributed by atoms with Crippen molar-refractivity contribution < 1.29 is 0 Å². The summed E-state index contributed by atoms with van der Waals surface area (Å²) in [4.78, 5) is 1.55. The third kappa shape index (κ3) is 1.80. The number of nitrogens with zero attached hydrogens (tertiary/aromatic N) is 4. The van der Waals surface area contributed by atoms with Crippen LogP contribution < -0.4 is 0 Å². The van der Waals surface area contributed by atoms with Gasteiger partial charge in [0.15, 0.2) is 0 Å². The minimum Gasteiger partial charge on any atom is -0.192 e. The zero-order valence-electron chi connectivity index (χ0n) is 9.25. The Morgan fingerprint density at radius 2 is 1.94 bits per heavy atom. The SMILES string of the molecule is CC(C)c1ccc(C#N)cc1-n1nccn1. The summed E-state index contributed by atoms with van der Waals surface area (Å²) in [5, 5.41) is 17.1. The second-order valence-electron chi connectivity index (χ2n) is 3.86. The largest absolute Gasteiger partial charge is 0.192 e. The summed E-state index contributed by atoms with van der Waals surface area (Å²) < 4.78 is 0. The van der Waals surface area contributed by atoms with E-state index in [-0.39, 0.29) is 0 Å². The Hall–Kier alpha value is -2.15. The van der Waals surface area contributed by atoms with E-state index in [9.17, 15) is 0 Å². The molecule has 0 aliphatic carbocycles. The normalized spacial score (nSPS) is 10.4. The average Bonchev–Trinajstić information content (AvgIpc) is 2.81. The van der Waals surface area contributed by atoms with Crippen LogP contribution in [-0.2, 0) is 0 Å². The van der Waals surface area contributed by atoms with Gasteiger partial charge >= 0.3 is 0 Å². The molecule has 0 radical (unpaired) electrons. The van der Waals surface area contributed by atoms with Crippen molar-refractivity contribution in [3.8, 4) is 11.8 Å². The van der Waals surface area contributed by atoms with E-state index < -0.39 is 0 Å². The van der Waals surface area contributed by atoms with Gasteiger partial charge in [-0.05, 0) is 23.6 Å². The maximum absolute atomic E-state index is 8.89. The number of aromatic nitrogens is 3. The number of benzene rings is 1. The highest BCUT2D eigenvalue weighted by atomic mass is 15.5. The molecule has 80 valence electrons. The van der Waals surface area contributed by atoms with Crippen LogP contribution in [0.2, 0.25) is 0 Å². The Morgan fingerprint density at radius 1 is 1.25 bits per heavy atom. The molecule has 0 fully saturated rings. The molecule has 0 aliphatic heterocycles. The second kappa shape index (κ2) is 4.15. The summed E-state index contributed by atoms with van der Waals surface area (Å²) in [6.45, 7) is 4.21. The van der Waals surface area contributed by atoms with Gasteiger partial charge < -0.3 is 0 Å². The Labute approximate surface area is 94.1 Å². The summed E-state index contributed by atoms with van der Waals surface area (Å²) in [5.41, 5.74) is 2.63. The lowest BCUT2D eigenvalue weighted by atomic mass is 9.99. The van der Waals surface area contributed by atoms with Crippen LogP contribution in [0.5, 0.6) is 0 Å². The van der Waals surface area contributed by atoms with Crippen LogP contribution >= 0.6 is 0 Å². The highest BCUT2D eigenvalue weighted by Gasteiger charge is 2.10. The van der Waals surface area contributed by atoms with Crippen LogP contribution in [0.25, 0.3) is 5.69 Å². The van der Waals surface area contributed by atoms with Gasteiger partial charge in [0.2, 0.25) is 0 Å². The van der Waals surface area contributed by atoms with Crippen LogP contribution in [0, 0.1) is 11.3 Å². The maximum Gasteiger partial charge on any atom is 0.0992 e. The van der Waals surface area contributed by atoms with E-state index in [0.29, 0.717) is 11.5 Å². The van der Waals surface area contributed by atoms with Crippen molar-refractivity contribution in [3.63, 3.8) is 0 Å². The molecule has 0 saturated carbocycles. The first-order valence-electron chi connectivity index (χ1n) is 5.13. The van der Waals surface area contributed by atoms with Gasteiger partial charge in [0, 0.05) is 0 Å². The lowest BCUT2D eigenvalue weighted by molar-refractivity contribution is 0.726. The molecule has 2 aromatic rings. The fourth-order valence-corrected chi connectivity index (χ4v) is 1.61. The third-order valence-corrected chi connectivity index (χ3v) is 2.42. The Morgan fingerprint density at radius 3 is 2.50 bits per heavy atom. The molecule has 16 heavy (non-hydrogen) atoms. The van der Waals surface area contributed by atoms with Crippen molar-refractivity contribution in [3.05, 3.63) is 41.7 Å². The summed E-state index contributed by atoms with van der Waals surface area (Å²) in [7, 11) is 0. The van der Waals surface area contributed by atoms with E-state index in [0.717, 1.165) is 11.3 Å². The lowest BCUT2D eigenvalue weighted by Crippen LogP contribution is -2.04. The van der Waals surface area contributed by atoms with Crippen molar-refractivity contribution in [1.82, 2.24) is 15.0 Å². The first kappa shape index (κ1) is 10.4. The quantitative estimate of drug-likeness (QED) is 0.767. The van der Waals surface area contributed by atoms with Gasteiger partial charge in [-0.25, -0.2) is 0 Å². The summed E-state index contributed by atoms with van der Waals surface area (Å²) in [5.74, 6) is 0.369. The zero-order valence-corrected chi connectivity index (χ0v) is 9.25. The average molecular weight is 212 g/mol. The molecule has 4 nitrogen and oxygen atoms in total. The Balaban J connectivity index is 2.61. The second-order valence-corrected chi connectivity index (χ2v) is 3.86. The van der Waals surface area contributed by atoms with Gasteiger partial charge in [0.25, 0.3) is 0 Å². The van der Waals surface area contributed by atoms with Crippen LogP contribution in [-0.4, -0.2) is 15.0 Å². The highest BCUT2D eigenvalue weighted by molar-refractivity contribution is 5.47. The van der Waals surface area contributed by atoms with Crippen LogP contribution in [0.4, 0.5) is 0 Å². The lowest BCUT2D eigenvalue weighted by Gasteiger charge is -2.11. The molecule has 0 aliphatic rings. The van der Waals surface area contributed by atoms with Gasteiger partial charge in [-0.15, -0.1) is 0 Å². The fraction of sp³-hybridized carbons (Fsp3) is 0.250. The standard InChI is InChI=1S/C12H12N4/c1-9(2)11-4-3-10(8-13)7-12(11)16-14-5-6-15-16/h3-7,9H,1-2H3. The van der Waals surface area contributed by atoms with Gasteiger partial charge in [0.05, 0.1) is 29.7 Å². The van der Waals surface area contributed by atoms with E-state index in [2.05, 4.69) is 30.1 Å². The first-order chi connectivity index (χ1) is 7.72. The minimum atomic E-state index is 0.369. The Kier molecular flexibility index (Phi) is 2.69. The molecule has 0 atom stereocenters. The summed E-state index contributed by atoms with van der Waals surface area (Å²) in [6.07, 6.45) is 3.26. The van der Waals surface area contributed by atoms with Crippen LogP contribution in [0.1, 0.15) is 30.9 Å². The predicted octanol–water partition coefficient (Wildman–Crippen LogP) is 2.26. The molecule has 0 bridgehead atoms. The monoisotopic (exact) mass is 212 g/mol. The molecular formula is C12H12N4. The van der Waals surface area contributed by atoms with Gasteiger partial charge in [-0.1, -0.05) is 19.9 Å². The molecule has 0 N–H and O–H groups in total. The van der Waals surface area contributed by atoms with Crippen LogP contribution in [0.3, 0.4) is 0 Å². The third-order valence-electron chi connectivity index (χ3n) is 2.42. The van der Waals surface area contributed by atoms with E-state index in [1.165, 1.54) is 0 Å². The van der Waals surface area contributed by atoms with Crippen molar-refractivity contribution in [2.24, 2.45) is 0 Å². The molecule has 0 spiro atoms. The molecule has 0 saturated heterocycles. The van der Waals surface area contributed by atoms with Gasteiger partial charge in [-0.3, -0.25) is 0 Å². The topological polar surface area (TPSA) is 54.5 Å². The molecular weight excluding hydrogens is 200 g/mol. The van der Waals surface area contributed by atoms with Gasteiger partial charge in [-0.2, -0.15) is 20.3 Å². The van der Waals surface area contributed by atoms with E-state index in [1.807, 2.05) is 18.2 Å². The highest BCUT2D eigenvalue weighted by Crippen LogP contribution is 2.22.